The molecule has 0 aromatic heterocycles. The van der Waals surface area contributed by atoms with E-state index in [2.05, 4.69) is 5.73 Å². The molecular formula is C6H16N2O4. The molecule has 0 aliphatic heterocycles. The molecule has 6 nitrogen and oxygen atoms in total. The first kappa shape index (κ1) is 13.9. The van der Waals surface area contributed by atoms with Crippen LogP contribution in [0.4, 0.5) is 0 Å². The van der Waals surface area contributed by atoms with Gasteiger partial charge >= 0.3 is 5.97 Å². The Morgan fingerprint density at radius 3 is 1.92 bits per heavy atom. The number of aliphatic hydroxyl groups is 2. The summed E-state index contributed by atoms with van der Waals surface area (Å²) in [6, 6.07) is 0. The molecule has 0 aromatic carbocycles. The van der Waals surface area contributed by atoms with E-state index >= 15 is 0 Å². The number of carboxylic acid groups (broad SMARTS) is 1. The predicted molar refractivity (Wildman–Crippen MR) is 43.2 cm³/mol. The maximum atomic E-state index is 9.24. The zero-order valence-electron chi connectivity index (χ0n) is 7.03. The Kier molecular flexibility index (Phi) is 8.07. The Bertz CT molecular complexity index is 121. The van der Waals surface area contributed by atoms with E-state index < -0.39 is 11.7 Å². The van der Waals surface area contributed by atoms with Crippen molar-refractivity contribution in [1.29, 1.82) is 0 Å². The van der Waals surface area contributed by atoms with E-state index in [1.807, 2.05) is 0 Å². The number of hydrogen-bond donors (Lipinski definition) is 5. The van der Waals surface area contributed by atoms with Crippen LogP contribution in [-0.4, -0.2) is 40.2 Å². The van der Waals surface area contributed by atoms with Crippen molar-refractivity contribution in [3.63, 3.8) is 0 Å². The summed E-state index contributed by atoms with van der Waals surface area (Å²) >= 11 is 0. The van der Waals surface area contributed by atoms with Gasteiger partial charge in [-0.2, -0.15) is 0 Å². The first-order valence-electron chi connectivity index (χ1n) is 3.43. The van der Waals surface area contributed by atoms with Crippen LogP contribution in [0.3, 0.4) is 0 Å². The predicted octanol–water partition coefficient (Wildman–Crippen LogP) is -1.93. The summed E-state index contributed by atoms with van der Waals surface area (Å²) in [6.45, 7) is 1.06. The van der Waals surface area contributed by atoms with E-state index in [0.29, 0.717) is 6.42 Å². The molecule has 0 saturated heterocycles. The molecular weight excluding hydrogens is 164 g/mol. The second-order valence-electron chi connectivity index (χ2n) is 2.21. The van der Waals surface area contributed by atoms with Crippen LogP contribution in [0.25, 0.3) is 0 Å². The molecule has 0 aliphatic carbocycles. The van der Waals surface area contributed by atoms with Crippen molar-refractivity contribution < 1.29 is 20.1 Å². The van der Waals surface area contributed by atoms with E-state index in [4.69, 9.17) is 21.1 Å². The van der Waals surface area contributed by atoms with Crippen molar-refractivity contribution in [2.24, 2.45) is 11.5 Å². The molecule has 0 bridgehead atoms. The number of carbonyl (C=O) groups is 1. The average Bonchev–Trinajstić information content (AvgIpc) is 2.05. The standard InChI is InChI=1S/C4H11NO2.C2H5NO2/c1-2-4(5,7)3-6;3-1-2(4)5/h6-7H,2-3,5H2,1H3;1,3H2,(H,4,5). The van der Waals surface area contributed by atoms with Gasteiger partial charge < -0.3 is 26.8 Å². The van der Waals surface area contributed by atoms with Crippen molar-refractivity contribution in [3.8, 4) is 0 Å². The van der Waals surface area contributed by atoms with Crippen molar-refractivity contribution in [3.05, 3.63) is 0 Å². The number of hydrogen-bond acceptors (Lipinski definition) is 5. The third-order valence-electron chi connectivity index (χ3n) is 1.06. The van der Waals surface area contributed by atoms with Crippen LogP contribution in [0.1, 0.15) is 13.3 Å². The van der Waals surface area contributed by atoms with E-state index in [1.54, 1.807) is 6.92 Å². The zero-order valence-corrected chi connectivity index (χ0v) is 7.03. The molecule has 0 saturated carbocycles. The van der Waals surface area contributed by atoms with E-state index in [-0.39, 0.29) is 13.2 Å². The lowest BCUT2D eigenvalue weighted by molar-refractivity contribution is -0.135. The maximum Gasteiger partial charge on any atom is 0.317 e. The topological polar surface area (TPSA) is 130 Å². The van der Waals surface area contributed by atoms with Crippen LogP contribution in [0.5, 0.6) is 0 Å². The van der Waals surface area contributed by atoms with Crippen LogP contribution >= 0.6 is 0 Å². The molecule has 0 fully saturated rings. The molecule has 0 amide bonds. The fourth-order valence-corrected chi connectivity index (χ4v) is 0.112. The minimum absolute atomic E-state index is 0.278. The molecule has 12 heavy (non-hydrogen) atoms. The SMILES string of the molecule is CCC(N)(O)CO.NCC(=O)O. The highest BCUT2D eigenvalue weighted by Gasteiger charge is 2.14. The van der Waals surface area contributed by atoms with Gasteiger partial charge in [-0.1, -0.05) is 6.92 Å². The average molecular weight is 180 g/mol. The molecule has 0 spiro atoms. The fourth-order valence-electron chi connectivity index (χ4n) is 0.112. The zero-order chi connectivity index (χ0) is 10.2. The second-order valence-corrected chi connectivity index (χ2v) is 2.21. The summed E-state index contributed by atoms with van der Waals surface area (Å²) in [7, 11) is 0. The Hall–Kier alpha value is -0.690. The lowest BCUT2D eigenvalue weighted by Crippen LogP contribution is -2.42. The van der Waals surface area contributed by atoms with Gasteiger partial charge in [-0.3, -0.25) is 4.79 Å². The number of rotatable bonds is 3. The Labute approximate surface area is 70.8 Å². The van der Waals surface area contributed by atoms with Gasteiger partial charge in [0.25, 0.3) is 0 Å². The number of aliphatic hydroxyl groups excluding tert-OH is 1. The summed E-state index contributed by atoms with van der Waals surface area (Å²) < 4.78 is 0. The summed E-state index contributed by atoms with van der Waals surface area (Å²) in [4.78, 5) is 9.24. The van der Waals surface area contributed by atoms with Crippen molar-refractivity contribution >= 4 is 5.97 Å². The number of carboxylic acids is 1. The van der Waals surface area contributed by atoms with Crippen molar-refractivity contribution in [2.75, 3.05) is 13.2 Å². The van der Waals surface area contributed by atoms with E-state index in [1.165, 1.54) is 0 Å². The van der Waals surface area contributed by atoms with Gasteiger partial charge in [0, 0.05) is 0 Å². The van der Waals surface area contributed by atoms with Crippen molar-refractivity contribution in [1.82, 2.24) is 0 Å². The monoisotopic (exact) mass is 180 g/mol. The van der Waals surface area contributed by atoms with E-state index in [9.17, 15) is 4.79 Å². The first-order chi connectivity index (χ1) is 5.39. The maximum absolute atomic E-state index is 9.24. The lowest BCUT2D eigenvalue weighted by atomic mass is 10.2. The smallest absolute Gasteiger partial charge is 0.317 e. The van der Waals surface area contributed by atoms with Crippen LogP contribution in [0.15, 0.2) is 0 Å². The Morgan fingerprint density at radius 1 is 1.58 bits per heavy atom. The molecule has 0 aromatic rings. The molecule has 6 heteroatoms. The molecule has 0 rings (SSSR count). The van der Waals surface area contributed by atoms with Crippen LogP contribution in [0, 0.1) is 0 Å². The van der Waals surface area contributed by atoms with Gasteiger partial charge in [-0.05, 0) is 6.42 Å². The number of aliphatic carboxylic acids is 1. The molecule has 0 heterocycles. The van der Waals surface area contributed by atoms with Crippen LogP contribution in [0.2, 0.25) is 0 Å². The van der Waals surface area contributed by atoms with Gasteiger partial charge in [0.15, 0.2) is 0 Å². The normalized spacial score (nSPS) is 14.1. The minimum atomic E-state index is -1.36. The van der Waals surface area contributed by atoms with Crippen LogP contribution < -0.4 is 11.5 Å². The highest BCUT2D eigenvalue weighted by atomic mass is 16.4. The van der Waals surface area contributed by atoms with Gasteiger partial charge in [0.1, 0.15) is 5.72 Å². The summed E-state index contributed by atoms with van der Waals surface area (Å²) in [5, 5.41) is 24.5. The Morgan fingerprint density at radius 2 is 1.92 bits per heavy atom. The molecule has 0 aliphatic rings. The Balaban J connectivity index is 0. The van der Waals surface area contributed by atoms with Gasteiger partial charge in [-0.25, -0.2) is 0 Å². The quantitative estimate of drug-likeness (QED) is 0.321. The van der Waals surface area contributed by atoms with E-state index in [0.717, 1.165) is 0 Å². The van der Waals surface area contributed by atoms with Gasteiger partial charge in [0.2, 0.25) is 0 Å². The third-order valence-corrected chi connectivity index (χ3v) is 1.06. The molecule has 7 N–H and O–H groups in total. The summed E-state index contributed by atoms with van der Waals surface area (Å²) in [5.74, 6) is -0.968. The summed E-state index contributed by atoms with van der Waals surface area (Å²) in [5.41, 5.74) is 8.23. The minimum Gasteiger partial charge on any atom is -0.480 e. The third kappa shape index (κ3) is 12.0. The van der Waals surface area contributed by atoms with Gasteiger partial charge in [0.05, 0.1) is 13.2 Å². The molecule has 0 radical (unpaired) electrons. The van der Waals surface area contributed by atoms with Gasteiger partial charge in [-0.15, -0.1) is 0 Å². The highest BCUT2D eigenvalue weighted by molar-refractivity contribution is 5.68. The largest absolute Gasteiger partial charge is 0.480 e. The first-order valence-corrected chi connectivity index (χ1v) is 3.43. The summed E-state index contributed by atoms with van der Waals surface area (Å²) in [6.07, 6.45) is 0.378. The highest BCUT2D eigenvalue weighted by Crippen LogP contribution is 1.96. The molecule has 74 valence electrons. The molecule has 1 unspecified atom stereocenters. The second kappa shape index (κ2) is 6.99. The fraction of sp³-hybridized carbons (Fsp3) is 0.833. The molecule has 1 atom stereocenters. The van der Waals surface area contributed by atoms with Crippen LogP contribution in [-0.2, 0) is 4.79 Å². The lowest BCUT2D eigenvalue weighted by Gasteiger charge is -2.16. The van der Waals surface area contributed by atoms with Crippen molar-refractivity contribution in [2.45, 2.75) is 19.1 Å². The number of nitrogens with two attached hydrogens (primary N) is 2.